The van der Waals surface area contributed by atoms with E-state index in [1.54, 1.807) is 7.11 Å². The van der Waals surface area contributed by atoms with E-state index in [4.69, 9.17) is 13.9 Å². The first kappa shape index (κ1) is 11.6. The molecule has 1 aromatic rings. The summed E-state index contributed by atoms with van der Waals surface area (Å²) in [5.74, 6) is 0.943. The van der Waals surface area contributed by atoms with Crippen LogP contribution in [0.4, 0.5) is 0 Å². The standard InChI is InChI=1S/C12H17O3Si/c1-13-12-10(7-15-16(2)3)5-4-9-6-14-8-11(9)12/h4-5H,6-8H2,1-3H3. The van der Waals surface area contributed by atoms with Crippen LogP contribution in [0, 0.1) is 0 Å². The van der Waals surface area contributed by atoms with E-state index in [-0.39, 0.29) is 0 Å². The molecule has 4 heteroatoms. The predicted molar refractivity (Wildman–Crippen MR) is 63.8 cm³/mol. The minimum atomic E-state index is -0.657. The van der Waals surface area contributed by atoms with Crippen LogP contribution in [0.1, 0.15) is 16.7 Å². The summed E-state index contributed by atoms with van der Waals surface area (Å²) in [7, 11) is 1.05. The van der Waals surface area contributed by atoms with Gasteiger partial charge < -0.3 is 13.9 Å². The van der Waals surface area contributed by atoms with Crippen LogP contribution in [-0.2, 0) is 29.0 Å². The molecule has 0 amide bonds. The average Bonchev–Trinajstić information content (AvgIpc) is 2.73. The third kappa shape index (κ3) is 2.29. The second-order valence-corrected chi connectivity index (χ2v) is 6.19. The Bertz CT molecular complexity index is 377. The molecule has 16 heavy (non-hydrogen) atoms. The molecule has 3 nitrogen and oxygen atoms in total. The summed E-state index contributed by atoms with van der Waals surface area (Å²) in [5, 5.41) is 0. The lowest BCUT2D eigenvalue weighted by Gasteiger charge is -2.13. The first-order valence-corrected chi connectivity index (χ1v) is 7.81. The normalized spacial score (nSPS) is 14.2. The molecule has 1 aromatic carbocycles. The van der Waals surface area contributed by atoms with Crippen molar-refractivity contribution in [1.29, 1.82) is 0 Å². The number of hydrogen-bond donors (Lipinski definition) is 0. The fourth-order valence-corrected chi connectivity index (χ4v) is 2.31. The van der Waals surface area contributed by atoms with E-state index in [1.165, 1.54) is 11.1 Å². The van der Waals surface area contributed by atoms with Crippen molar-refractivity contribution in [2.24, 2.45) is 0 Å². The number of rotatable bonds is 4. The lowest BCUT2D eigenvalue weighted by Crippen LogP contribution is -2.08. The lowest BCUT2D eigenvalue weighted by molar-refractivity contribution is 0.133. The van der Waals surface area contributed by atoms with Gasteiger partial charge in [-0.15, -0.1) is 0 Å². The van der Waals surface area contributed by atoms with Crippen LogP contribution in [0.15, 0.2) is 12.1 Å². The van der Waals surface area contributed by atoms with Gasteiger partial charge in [-0.25, -0.2) is 0 Å². The maximum atomic E-state index is 5.71. The predicted octanol–water partition coefficient (Wildman–Crippen LogP) is 2.49. The molecular formula is C12H17O3Si. The summed E-state index contributed by atoms with van der Waals surface area (Å²) in [6.45, 7) is 6.25. The second kappa shape index (κ2) is 4.99. The molecule has 0 aromatic heterocycles. The monoisotopic (exact) mass is 237 g/mol. The van der Waals surface area contributed by atoms with Crippen molar-refractivity contribution in [3.63, 3.8) is 0 Å². The van der Waals surface area contributed by atoms with Crippen LogP contribution < -0.4 is 4.74 Å². The van der Waals surface area contributed by atoms with E-state index in [0.717, 1.165) is 11.3 Å². The Kier molecular flexibility index (Phi) is 3.63. The zero-order chi connectivity index (χ0) is 11.5. The van der Waals surface area contributed by atoms with Crippen LogP contribution in [0.5, 0.6) is 5.75 Å². The molecule has 0 bridgehead atoms. The zero-order valence-electron chi connectivity index (χ0n) is 10.0. The van der Waals surface area contributed by atoms with Crippen LogP contribution in [0.2, 0.25) is 13.1 Å². The van der Waals surface area contributed by atoms with Crippen molar-refractivity contribution in [3.05, 3.63) is 28.8 Å². The number of benzene rings is 1. The van der Waals surface area contributed by atoms with Gasteiger partial charge in [-0.05, 0) is 18.7 Å². The number of ether oxygens (including phenoxy) is 2. The molecule has 1 heterocycles. The van der Waals surface area contributed by atoms with E-state index < -0.39 is 9.04 Å². The fraction of sp³-hybridized carbons (Fsp3) is 0.500. The summed E-state index contributed by atoms with van der Waals surface area (Å²) in [6, 6.07) is 4.19. The molecule has 0 spiro atoms. The van der Waals surface area contributed by atoms with Gasteiger partial charge in [-0.2, -0.15) is 0 Å². The van der Waals surface area contributed by atoms with Gasteiger partial charge in [0.1, 0.15) is 5.75 Å². The highest BCUT2D eigenvalue weighted by Gasteiger charge is 2.19. The minimum absolute atomic E-state index is 0.637. The Balaban J connectivity index is 2.24. The summed E-state index contributed by atoms with van der Waals surface area (Å²) < 4.78 is 16.6. The van der Waals surface area contributed by atoms with Crippen molar-refractivity contribution in [2.45, 2.75) is 32.9 Å². The van der Waals surface area contributed by atoms with Crippen molar-refractivity contribution in [2.75, 3.05) is 7.11 Å². The van der Waals surface area contributed by atoms with Gasteiger partial charge >= 0.3 is 0 Å². The Morgan fingerprint density at radius 3 is 2.81 bits per heavy atom. The SMILES string of the molecule is COc1c(CO[Si](C)C)ccc2c1COC2. The van der Waals surface area contributed by atoms with Crippen LogP contribution in [0.25, 0.3) is 0 Å². The Hall–Kier alpha value is -0.843. The van der Waals surface area contributed by atoms with E-state index in [0.29, 0.717) is 19.8 Å². The summed E-state index contributed by atoms with van der Waals surface area (Å²) in [5.41, 5.74) is 3.54. The maximum Gasteiger partial charge on any atom is 0.205 e. The highest BCUT2D eigenvalue weighted by molar-refractivity contribution is 6.48. The molecule has 0 saturated heterocycles. The van der Waals surface area contributed by atoms with E-state index in [1.807, 2.05) is 0 Å². The molecular weight excluding hydrogens is 220 g/mol. The number of hydrogen-bond acceptors (Lipinski definition) is 3. The summed E-state index contributed by atoms with van der Waals surface area (Å²) in [6.07, 6.45) is 0. The molecule has 0 unspecified atom stereocenters. The first-order valence-electron chi connectivity index (χ1n) is 5.40. The van der Waals surface area contributed by atoms with Gasteiger partial charge in [0.05, 0.1) is 26.9 Å². The van der Waals surface area contributed by atoms with Gasteiger partial charge in [0.2, 0.25) is 9.04 Å². The summed E-state index contributed by atoms with van der Waals surface area (Å²) >= 11 is 0. The smallest absolute Gasteiger partial charge is 0.205 e. The molecule has 0 atom stereocenters. The molecule has 0 aliphatic carbocycles. The maximum absolute atomic E-state index is 5.71. The first-order chi connectivity index (χ1) is 7.72. The molecule has 0 fully saturated rings. The molecule has 2 rings (SSSR count). The minimum Gasteiger partial charge on any atom is -0.496 e. The Morgan fingerprint density at radius 1 is 1.31 bits per heavy atom. The van der Waals surface area contributed by atoms with Crippen LogP contribution >= 0.6 is 0 Å². The van der Waals surface area contributed by atoms with E-state index >= 15 is 0 Å². The topological polar surface area (TPSA) is 27.7 Å². The molecule has 1 aliphatic rings. The van der Waals surface area contributed by atoms with E-state index in [2.05, 4.69) is 25.2 Å². The largest absolute Gasteiger partial charge is 0.496 e. The third-order valence-corrected chi connectivity index (χ3v) is 3.39. The quantitative estimate of drug-likeness (QED) is 0.753. The number of fused-ring (bicyclic) bond motifs is 1. The molecule has 0 N–H and O–H groups in total. The van der Waals surface area contributed by atoms with Crippen molar-refractivity contribution in [1.82, 2.24) is 0 Å². The Labute approximate surface area is 98.1 Å². The fourth-order valence-electron chi connectivity index (χ4n) is 1.86. The van der Waals surface area contributed by atoms with Crippen molar-refractivity contribution >= 4 is 9.04 Å². The van der Waals surface area contributed by atoms with Crippen molar-refractivity contribution in [3.8, 4) is 5.75 Å². The molecule has 87 valence electrons. The third-order valence-electron chi connectivity index (χ3n) is 2.66. The van der Waals surface area contributed by atoms with Crippen LogP contribution in [-0.4, -0.2) is 16.2 Å². The van der Waals surface area contributed by atoms with Gasteiger partial charge in [-0.3, -0.25) is 0 Å². The zero-order valence-corrected chi connectivity index (χ0v) is 11.0. The molecule has 0 saturated carbocycles. The molecule has 1 aliphatic heterocycles. The number of methoxy groups -OCH3 is 1. The van der Waals surface area contributed by atoms with Crippen LogP contribution in [0.3, 0.4) is 0 Å². The highest BCUT2D eigenvalue weighted by atomic mass is 28.3. The van der Waals surface area contributed by atoms with Gasteiger partial charge in [-0.1, -0.05) is 12.1 Å². The second-order valence-electron chi connectivity index (χ2n) is 4.09. The van der Waals surface area contributed by atoms with Gasteiger partial charge in [0.25, 0.3) is 0 Å². The lowest BCUT2D eigenvalue weighted by atomic mass is 10.0. The van der Waals surface area contributed by atoms with Gasteiger partial charge in [0.15, 0.2) is 0 Å². The average molecular weight is 237 g/mol. The van der Waals surface area contributed by atoms with Gasteiger partial charge in [0, 0.05) is 11.1 Å². The summed E-state index contributed by atoms with van der Waals surface area (Å²) in [4.78, 5) is 0. The molecule has 1 radical (unpaired) electrons. The van der Waals surface area contributed by atoms with Crippen molar-refractivity contribution < 1.29 is 13.9 Å². The highest BCUT2D eigenvalue weighted by Crippen LogP contribution is 2.32. The Morgan fingerprint density at radius 2 is 2.12 bits per heavy atom. The van der Waals surface area contributed by atoms with E-state index in [9.17, 15) is 0 Å².